The molecule has 2 rings (SSSR count). The summed E-state index contributed by atoms with van der Waals surface area (Å²) >= 11 is 12.2. The highest BCUT2D eigenvalue weighted by Crippen LogP contribution is 2.25. The Labute approximate surface area is 153 Å². The van der Waals surface area contributed by atoms with Gasteiger partial charge in [-0.05, 0) is 37.5 Å². The lowest BCUT2D eigenvalue weighted by molar-refractivity contribution is 0.0191. The topological polar surface area (TPSA) is 54.9 Å². The van der Waals surface area contributed by atoms with Crippen LogP contribution in [0.1, 0.15) is 31.4 Å². The molecule has 0 amide bonds. The summed E-state index contributed by atoms with van der Waals surface area (Å²) < 4.78 is 11.1. The van der Waals surface area contributed by atoms with Crippen LogP contribution in [0.3, 0.4) is 0 Å². The third kappa shape index (κ3) is 6.13. The molecule has 134 valence electrons. The highest BCUT2D eigenvalue weighted by atomic mass is 35.5. The highest BCUT2D eigenvalue weighted by Gasteiger charge is 2.15. The Hall–Kier alpha value is -1.01. The molecule has 0 radical (unpaired) electrons. The summed E-state index contributed by atoms with van der Waals surface area (Å²) in [6, 6.07) is 5.50. The van der Waals surface area contributed by atoms with Gasteiger partial charge in [0.2, 0.25) is 0 Å². The average molecular weight is 374 g/mol. The molecule has 2 N–H and O–H groups in total. The van der Waals surface area contributed by atoms with Crippen molar-refractivity contribution >= 4 is 29.2 Å². The zero-order valence-electron chi connectivity index (χ0n) is 14.1. The van der Waals surface area contributed by atoms with E-state index in [1.807, 2.05) is 19.1 Å². The molecule has 1 aliphatic rings. The number of hydrogen-bond donors (Lipinski definition) is 2. The van der Waals surface area contributed by atoms with E-state index < -0.39 is 0 Å². The third-order valence-corrected chi connectivity index (χ3v) is 4.43. The van der Waals surface area contributed by atoms with Gasteiger partial charge in [-0.1, -0.05) is 29.3 Å². The van der Waals surface area contributed by atoms with Gasteiger partial charge < -0.3 is 20.1 Å². The lowest BCUT2D eigenvalue weighted by atomic mass is 10.1. The molecule has 2 atom stereocenters. The minimum Gasteiger partial charge on any atom is -0.377 e. The summed E-state index contributed by atoms with van der Waals surface area (Å²) in [6.45, 7) is 4.82. The van der Waals surface area contributed by atoms with E-state index in [4.69, 9.17) is 32.7 Å². The summed E-state index contributed by atoms with van der Waals surface area (Å²) in [7, 11) is 1.73. The molecular weight excluding hydrogens is 349 g/mol. The molecule has 0 spiro atoms. The van der Waals surface area contributed by atoms with Gasteiger partial charge >= 0.3 is 0 Å². The van der Waals surface area contributed by atoms with Crippen molar-refractivity contribution in [2.24, 2.45) is 4.99 Å². The molecule has 0 bridgehead atoms. The Bertz CT molecular complexity index is 549. The van der Waals surface area contributed by atoms with Gasteiger partial charge in [0.15, 0.2) is 5.96 Å². The number of halogens is 2. The molecular formula is C17H25Cl2N3O2. The molecule has 0 aromatic heterocycles. The maximum absolute atomic E-state index is 6.24. The van der Waals surface area contributed by atoms with E-state index in [1.165, 1.54) is 0 Å². The number of nitrogens with one attached hydrogen (secondary N) is 2. The van der Waals surface area contributed by atoms with Gasteiger partial charge in [-0.25, -0.2) is 0 Å². The molecule has 1 aliphatic heterocycles. The number of aliphatic imine (C=N–C) groups is 1. The SMILES string of the molecule is CN=C(NCCOCC1CCCO1)NC(C)c1ccc(Cl)cc1Cl. The van der Waals surface area contributed by atoms with Crippen LogP contribution in [0.2, 0.25) is 10.0 Å². The van der Waals surface area contributed by atoms with E-state index in [1.54, 1.807) is 13.1 Å². The summed E-state index contributed by atoms with van der Waals surface area (Å²) in [6.07, 6.45) is 2.48. The van der Waals surface area contributed by atoms with Crippen LogP contribution in [0.5, 0.6) is 0 Å². The van der Waals surface area contributed by atoms with Crippen LogP contribution in [0.4, 0.5) is 0 Å². The van der Waals surface area contributed by atoms with Crippen molar-refractivity contribution in [1.82, 2.24) is 10.6 Å². The first-order valence-corrected chi connectivity index (χ1v) is 8.97. The fraction of sp³-hybridized carbons (Fsp3) is 0.588. The van der Waals surface area contributed by atoms with E-state index in [0.29, 0.717) is 35.8 Å². The monoisotopic (exact) mass is 373 g/mol. The maximum Gasteiger partial charge on any atom is 0.191 e. The van der Waals surface area contributed by atoms with Gasteiger partial charge in [0.05, 0.1) is 25.4 Å². The fourth-order valence-electron chi connectivity index (χ4n) is 2.56. The first kappa shape index (κ1) is 19.3. The molecule has 1 aromatic carbocycles. The number of hydrogen-bond acceptors (Lipinski definition) is 3. The van der Waals surface area contributed by atoms with Gasteiger partial charge in [-0.3, -0.25) is 4.99 Å². The Kier molecular flexibility index (Phi) is 8.12. The van der Waals surface area contributed by atoms with Crippen LogP contribution < -0.4 is 10.6 Å². The second-order valence-corrected chi connectivity index (χ2v) is 6.58. The first-order valence-electron chi connectivity index (χ1n) is 8.21. The molecule has 0 saturated carbocycles. The molecule has 24 heavy (non-hydrogen) atoms. The van der Waals surface area contributed by atoms with Gasteiger partial charge in [-0.2, -0.15) is 0 Å². The Balaban J connectivity index is 1.71. The van der Waals surface area contributed by atoms with Crippen molar-refractivity contribution in [3.05, 3.63) is 33.8 Å². The predicted molar refractivity (Wildman–Crippen MR) is 99.2 cm³/mol. The van der Waals surface area contributed by atoms with E-state index in [9.17, 15) is 0 Å². The normalized spacial score (nSPS) is 19.3. The lowest BCUT2D eigenvalue weighted by Gasteiger charge is -2.19. The third-order valence-electron chi connectivity index (χ3n) is 3.87. The van der Waals surface area contributed by atoms with Crippen LogP contribution >= 0.6 is 23.2 Å². The van der Waals surface area contributed by atoms with Gasteiger partial charge in [-0.15, -0.1) is 0 Å². The van der Waals surface area contributed by atoms with Crippen molar-refractivity contribution in [3.8, 4) is 0 Å². The number of rotatable bonds is 7. The van der Waals surface area contributed by atoms with E-state index in [0.717, 1.165) is 25.0 Å². The second kappa shape index (κ2) is 10.1. The highest BCUT2D eigenvalue weighted by molar-refractivity contribution is 6.35. The fourth-order valence-corrected chi connectivity index (χ4v) is 3.13. The minimum absolute atomic E-state index is 0.00812. The minimum atomic E-state index is 0.00812. The van der Waals surface area contributed by atoms with Crippen molar-refractivity contribution < 1.29 is 9.47 Å². The summed E-state index contributed by atoms with van der Waals surface area (Å²) in [5, 5.41) is 7.80. The van der Waals surface area contributed by atoms with Crippen LogP contribution in [0, 0.1) is 0 Å². The van der Waals surface area contributed by atoms with E-state index in [2.05, 4.69) is 15.6 Å². The molecule has 1 heterocycles. The van der Waals surface area contributed by atoms with Gasteiger partial charge in [0.1, 0.15) is 0 Å². The molecule has 1 saturated heterocycles. The van der Waals surface area contributed by atoms with E-state index >= 15 is 0 Å². The number of ether oxygens (including phenoxy) is 2. The summed E-state index contributed by atoms with van der Waals surface area (Å²) in [4.78, 5) is 4.22. The zero-order chi connectivity index (χ0) is 17.4. The molecule has 7 heteroatoms. The Morgan fingerprint density at radius 3 is 2.96 bits per heavy atom. The van der Waals surface area contributed by atoms with Crippen LogP contribution in [0.25, 0.3) is 0 Å². The average Bonchev–Trinajstić information content (AvgIpc) is 3.06. The number of benzene rings is 1. The molecule has 1 aromatic rings. The van der Waals surface area contributed by atoms with Crippen molar-refractivity contribution in [3.63, 3.8) is 0 Å². The first-order chi connectivity index (χ1) is 11.6. The summed E-state index contributed by atoms with van der Waals surface area (Å²) in [5.41, 5.74) is 0.971. The standard InChI is InChI=1S/C17H25Cl2N3O2/c1-12(15-6-5-13(18)10-16(15)19)22-17(20-2)21-7-9-23-11-14-4-3-8-24-14/h5-6,10,12,14H,3-4,7-9,11H2,1-2H3,(H2,20,21,22). The number of guanidine groups is 1. The van der Waals surface area contributed by atoms with Crippen LogP contribution in [-0.4, -0.2) is 45.5 Å². The lowest BCUT2D eigenvalue weighted by Crippen LogP contribution is -2.40. The Morgan fingerprint density at radius 2 is 2.29 bits per heavy atom. The van der Waals surface area contributed by atoms with Crippen molar-refractivity contribution in [2.75, 3.05) is 33.4 Å². The van der Waals surface area contributed by atoms with Crippen molar-refractivity contribution in [2.45, 2.75) is 31.9 Å². The van der Waals surface area contributed by atoms with Crippen molar-refractivity contribution in [1.29, 1.82) is 0 Å². The Morgan fingerprint density at radius 1 is 1.46 bits per heavy atom. The largest absolute Gasteiger partial charge is 0.377 e. The second-order valence-electron chi connectivity index (χ2n) is 5.74. The molecule has 2 unspecified atom stereocenters. The quantitative estimate of drug-likeness (QED) is 0.436. The van der Waals surface area contributed by atoms with Gasteiger partial charge in [0, 0.05) is 30.2 Å². The predicted octanol–water partition coefficient (Wildman–Crippen LogP) is 3.42. The summed E-state index contributed by atoms with van der Waals surface area (Å²) in [5.74, 6) is 0.703. The van der Waals surface area contributed by atoms with Gasteiger partial charge in [0.25, 0.3) is 0 Å². The number of nitrogens with zero attached hydrogens (tertiary/aromatic N) is 1. The maximum atomic E-state index is 6.24. The molecule has 0 aliphatic carbocycles. The molecule has 5 nitrogen and oxygen atoms in total. The van der Waals surface area contributed by atoms with E-state index in [-0.39, 0.29) is 12.1 Å². The molecule has 1 fully saturated rings. The smallest absolute Gasteiger partial charge is 0.191 e. The van der Waals surface area contributed by atoms with Crippen LogP contribution in [0.15, 0.2) is 23.2 Å². The van der Waals surface area contributed by atoms with Crippen LogP contribution in [-0.2, 0) is 9.47 Å². The zero-order valence-corrected chi connectivity index (χ0v) is 15.7.